The molecule has 2 aliphatic heterocycles. The molecule has 2 heterocycles. The third-order valence-electron chi connectivity index (χ3n) is 8.56. The van der Waals surface area contributed by atoms with Gasteiger partial charge in [-0.2, -0.15) is 0 Å². The number of carbonyl (C=O) groups is 3. The van der Waals surface area contributed by atoms with Crippen LogP contribution < -0.4 is 0 Å². The zero-order valence-corrected chi connectivity index (χ0v) is 26.0. The predicted molar refractivity (Wildman–Crippen MR) is 155 cm³/mol. The van der Waals surface area contributed by atoms with Crippen LogP contribution in [0.1, 0.15) is 60.3 Å². The second-order valence-electron chi connectivity index (χ2n) is 12.1. The zero-order chi connectivity index (χ0) is 31.7. The number of ether oxygens (including phenoxy) is 3. The Morgan fingerprint density at radius 2 is 1.76 bits per heavy atom. The minimum absolute atomic E-state index is 0.000625. The Hall–Kier alpha value is -1.99. The number of cyclic esters (lactones) is 1. The van der Waals surface area contributed by atoms with Crippen molar-refractivity contribution in [3.05, 3.63) is 23.8 Å². The lowest BCUT2D eigenvalue weighted by molar-refractivity contribution is -0.304. The number of aldehydes is 1. The number of hydrogen-bond acceptors (Lipinski definition) is 11. The summed E-state index contributed by atoms with van der Waals surface area (Å²) in [4.78, 5) is 39.6. The van der Waals surface area contributed by atoms with Gasteiger partial charge in [0.25, 0.3) is 0 Å². The van der Waals surface area contributed by atoms with E-state index in [4.69, 9.17) is 14.2 Å². The van der Waals surface area contributed by atoms with Crippen molar-refractivity contribution < 1.29 is 49.0 Å². The van der Waals surface area contributed by atoms with E-state index in [-0.39, 0.29) is 31.7 Å². The molecule has 2 rings (SSSR count). The Morgan fingerprint density at radius 3 is 2.33 bits per heavy atom. The number of hydrogen-bond donors (Lipinski definition) is 4. The fourth-order valence-corrected chi connectivity index (χ4v) is 5.93. The van der Waals surface area contributed by atoms with Crippen molar-refractivity contribution >= 4 is 18.0 Å². The first-order valence-electron chi connectivity index (χ1n) is 14.9. The molecule has 1 fully saturated rings. The van der Waals surface area contributed by atoms with Gasteiger partial charge in [-0.1, -0.05) is 38.5 Å². The largest absolute Gasteiger partial charge is 0.462 e. The summed E-state index contributed by atoms with van der Waals surface area (Å²) in [5.41, 5.74) is 0.714. The maximum Gasteiger partial charge on any atom is 0.308 e. The van der Waals surface area contributed by atoms with Gasteiger partial charge in [0.05, 0.1) is 43.5 Å². The van der Waals surface area contributed by atoms with Gasteiger partial charge < -0.3 is 44.3 Å². The van der Waals surface area contributed by atoms with E-state index < -0.39 is 78.6 Å². The van der Waals surface area contributed by atoms with Crippen molar-refractivity contribution in [3.8, 4) is 0 Å². The molecule has 0 saturated carbocycles. The summed E-state index contributed by atoms with van der Waals surface area (Å²) in [5, 5.41) is 43.0. The van der Waals surface area contributed by atoms with Crippen LogP contribution in [-0.4, -0.2) is 113 Å². The minimum Gasteiger partial charge on any atom is -0.462 e. The molecule has 0 aromatic rings. The fourth-order valence-electron chi connectivity index (χ4n) is 5.93. The number of ketones is 1. The van der Waals surface area contributed by atoms with Crippen LogP contribution in [0.2, 0.25) is 0 Å². The standard InChI is InChI=1S/C31H51NO10/c1-8-25-22(16-34)13-17(2)9-10-23(35)18(3)14-21(11-12-33)30(19(4)24(36)15-26(37)41-25)42-31-29(39)27(32(6)7)28(38)20(5)40-31/h9-10,12-13,18-22,24-25,27-31,34,36,38-39H,8,11,14-16H2,1-7H3/b10-9-,17-13-/t18-,19+,20-,21+,22-,24-,25-,27+,28-,29-,30-,31+/m1/s1. The quantitative estimate of drug-likeness (QED) is 0.248. The second kappa shape index (κ2) is 16.7. The SMILES string of the molecule is CC[C@H]1OC(=O)C[C@@H](O)[C@H](C)[C@@H](O[C@@H]2O[C@H](C)[C@@H](O)[C@H](N(C)C)[C@H]2O)[C@@H](CC=O)C[C@@H](C)C(=O)/C=C\C(C)=C/[C@@H]1CO. The van der Waals surface area contributed by atoms with Gasteiger partial charge in [0.15, 0.2) is 12.1 Å². The van der Waals surface area contributed by atoms with Gasteiger partial charge in [0.2, 0.25) is 0 Å². The Balaban J connectivity index is 2.52. The van der Waals surface area contributed by atoms with Crippen LogP contribution in [0, 0.1) is 23.7 Å². The van der Waals surface area contributed by atoms with E-state index in [0.29, 0.717) is 12.0 Å². The number of esters is 1. The number of allylic oxidation sites excluding steroid dienone is 3. The molecular weight excluding hydrogens is 546 g/mol. The fraction of sp³-hybridized carbons (Fsp3) is 0.774. The monoisotopic (exact) mass is 597 g/mol. The summed E-state index contributed by atoms with van der Waals surface area (Å²) in [5.74, 6) is -3.16. The highest BCUT2D eigenvalue weighted by atomic mass is 16.7. The summed E-state index contributed by atoms with van der Waals surface area (Å²) in [7, 11) is 3.43. The van der Waals surface area contributed by atoms with Gasteiger partial charge in [-0.3, -0.25) is 9.59 Å². The summed E-state index contributed by atoms with van der Waals surface area (Å²) in [6, 6.07) is -0.711. The van der Waals surface area contributed by atoms with Crippen molar-refractivity contribution in [3.63, 3.8) is 0 Å². The first-order chi connectivity index (χ1) is 19.7. The van der Waals surface area contributed by atoms with Crippen molar-refractivity contribution in [2.75, 3.05) is 20.7 Å². The Bertz CT molecular complexity index is 952. The van der Waals surface area contributed by atoms with E-state index in [1.807, 2.05) is 6.92 Å². The van der Waals surface area contributed by atoms with Crippen LogP contribution in [0.3, 0.4) is 0 Å². The van der Waals surface area contributed by atoms with Gasteiger partial charge in [-0.05, 0) is 52.8 Å². The Kier molecular flexibility index (Phi) is 14.4. The first-order valence-corrected chi connectivity index (χ1v) is 14.9. The third kappa shape index (κ3) is 9.51. The lowest BCUT2D eigenvalue weighted by atomic mass is 9.79. The molecule has 2 aliphatic rings. The van der Waals surface area contributed by atoms with Gasteiger partial charge >= 0.3 is 5.97 Å². The van der Waals surface area contributed by atoms with Crippen molar-refractivity contribution in [1.29, 1.82) is 0 Å². The van der Waals surface area contributed by atoms with E-state index in [1.165, 1.54) is 6.08 Å². The molecule has 1 saturated heterocycles. The molecule has 11 nitrogen and oxygen atoms in total. The lowest BCUT2D eigenvalue weighted by Crippen LogP contribution is -2.63. The highest BCUT2D eigenvalue weighted by molar-refractivity contribution is 5.91. The van der Waals surface area contributed by atoms with Crippen LogP contribution in [0.25, 0.3) is 0 Å². The lowest BCUT2D eigenvalue weighted by Gasteiger charge is -2.46. The molecule has 240 valence electrons. The molecule has 0 aromatic carbocycles. The summed E-state index contributed by atoms with van der Waals surface area (Å²) in [6.07, 6.45) is -1.12. The Labute approximate surface area is 249 Å². The molecule has 0 spiro atoms. The molecule has 42 heavy (non-hydrogen) atoms. The topological polar surface area (TPSA) is 163 Å². The van der Waals surface area contributed by atoms with Gasteiger partial charge in [-0.25, -0.2) is 0 Å². The van der Waals surface area contributed by atoms with Crippen LogP contribution in [-0.2, 0) is 28.6 Å². The highest BCUT2D eigenvalue weighted by Gasteiger charge is 2.47. The molecule has 12 atom stereocenters. The van der Waals surface area contributed by atoms with E-state index in [2.05, 4.69) is 0 Å². The van der Waals surface area contributed by atoms with Gasteiger partial charge in [0, 0.05) is 24.2 Å². The van der Waals surface area contributed by atoms with E-state index in [1.54, 1.807) is 58.8 Å². The molecule has 0 radical (unpaired) electrons. The molecule has 0 bridgehead atoms. The van der Waals surface area contributed by atoms with E-state index in [9.17, 15) is 34.8 Å². The summed E-state index contributed by atoms with van der Waals surface area (Å²) >= 11 is 0. The zero-order valence-electron chi connectivity index (χ0n) is 26.0. The molecule has 0 amide bonds. The smallest absolute Gasteiger partial charge is 0.308 e. The van der Waals surface area contributed by atoms with Crippen LogP contribution in [0.15, 0.2) is 23.8 Å². The van der Waals surface area contributed by atoms with Crippen LogP contribution in [0.5, 0.6) is 0 Å². The number of nitrogens with zero attached hydrogens (tertiary/aromatic N) is 1. The average Bonchev–Trinajstić information content (AvgIpc) is 2.93. The van der Waals surface area contributed by atoms with Crippen molar-refractivity contribution in [1.82, 2.24) is 4.90 Å². The number of carbonyl (C=O) groups excluding carboxylic acids is 3. The predicted octanol–water partition coefficient (Wildman–Crippen LogP) is 1.40. The van der Waals surface area contributed by atoms with E-state index >= 15 is 0 Å². The second-order valence-corrected chi connectivity index (χ2v) is 12.1. The maximum atomic E-state index is 13.1. The molecule has 0 unspecified atom stereocenters. The highest BCUT2D eigenvalue weighted by Crippen LogP contribution is 2.34. The number of rotatable bonds is 7. The molecule has 11 heteroatoms. The number of likely N-dealkylation sites (N-methyl/N-ethyl adjacent to an activating group) is 1. The van der Waals surface area contributed by atoms with Gasteiger partial charge in [-0.15, -0.1) is 0 Å². The third-order valence-corrected chi connectivity index (χ3v) is 8.56. The maximum absolute atomic E-state index is 13.1. The molecule has 4 N–H and O–H groups in total. The van der Waals surface area contributed by atoms with E-state index in [0.717, 1.165) is 6.29 Å². The Morgan fingerprint density at radius 1 is 1.10 bits per heavy atom. The molecule has 0 aliphatic carbocycles. The summed E-state index contributed by atoms with van der Waals surface area (Å²) in [6.45, 7) is 8.42. The van der Waals surface area contributed by atoms with Gasteiger partial charge in [0.1, 0.15) is 18.5 Å². The first kappa shape index (κ1) is 36.2. The number of aliphatic hydroxyl groups is 4. The van der Waals surface area contributed by atoms with Crippen LogP contribution in [0.4, 0.5) is 0 Å². The minimum atomic E-state index is -1.27. The van der Waals surface area contributed by atoms with Crippen LogP contribution >= 0.6 is 0 Å². The molecular formula is C31H51NO10. The summed E-state index contributed by atoms with van der Waals surface area (Å²) < 4.78 is 17.9. The van der Waals surface area contributed by atoms with Crippen molar-refractivity contribution in [2.24, 2.45) is 23.7 Å². The molecule has 0 aromatic heterocycles. The average molecular weight is 598 g/mol. The number of aliphatic hydroxyl groups excluding tert-OH is 4. The van der Waals surface area contributed by atoms with Crippen molar-refractivity contribution in [2.45, 2.75) is 109 Å². The normalized spacial score (nSPS) is 41.6.